The Morgan fingerprint density at radius 3 is 2.76 bits per heavy atom. The van der Waals surface area contributed by atoms with E-state index in [2.05, 4.69) is 9.97 Å². The molecule has 1 unspecified atom stereocenters. The van der Waals surface area contributed by atoms with Crippen LogP contribution in [0.5, 0.6) is 0 Å². The summed E-state index contributed by atoms with van der Waals surface area (Å²) in [6.45, 7) is 2.17. The van der Waals surface area contributed by atoms with E-state index in [9.17, 15) is 4.79 Å². The number of methoxy groups -OCH3 is 1. The van der Waals surface area contributed by atoms with Gasteiger partial charge in [-0.25, -0.2) is 0 Å². The minimum Gasteiger partial charge on any atom is -0.378 e. The van der Waals surface area contributed by atoms with E-state index >= 15 is 0 Å². The van der Waals surface area contributed by atoms with Gasteiger partial charge < -0.3 is 14.4 Å². The average Bonchev–Trinajstić information content (AvgIpc) is 2.68. The predicted octanol–water partition coefficient (Wildman–Crippen LogP) is 2.43. The molecule has 2 aliphatic rings. The summed E-state index contributed by atoms with van der Waals surface area (Å²) in [5, 5.41) is 0. The number of likely N-dealkylation sites (tertiary alicyclic amines) is 1. The summed E-state index contributed by atoms with van der Waals surface area (Å²) in [4.78, 5) is 23.3. The summed E-state index contributed by atoms with van der Waals surface area (Å²) in [5.41, 5.74) is 1.99. The average molecular weight is 341 g/mol. The first-order valence-electron chi connectivity index (χ1n) is 8.89. The van der Waals surface area contributed by atoms with Gasteiger partial charge >= 0.3 is 0 Å². The molecule has 0 radical (unpaired) electrons. The molecular weight excluding hydrogens is 318 g/mol. The van der Waals surface area contributed by atoms with Crippen molar-refractivity contribution in [3.63, 3.8) is 0 Å². The number of piperidine rings is 1. The number of aromatic nitrogens is 2. The van der Waals surface area contributed by atoms with Crippen LogP contribution in [0.15, 0.2) is 30.6 Å². The largest absolute Gasteiger partial charge is 0.378 e. The SMILES string of the molecule is COC1CCCOC12CCN(C(=O)c1ccc3nccnc3c1)CC2. The number of rotatable bonds is 2. The minimum atomic E-state index is -0.224. The first-order valence-corrected chi connectivity index (χ1v) is 8.89. The van der Waals surface area contributed by atoms with E-state index in [1.165, 1.54) is 0 Å². The maximum absolute atomic E-state index is 12.9. The summed E-state index contributed by atoms with van der Waals surface area (Å²) in [6.07, 6.45) is 7.16. The van der Waals surface area contributed by atoms with E-state index in [1.54, 1.807) is 19.5 Å². The van der Waals surface area contributed by atoms with Gasteiger partial charge in [-0.3, -0.25) is 14.8 Å². The van der Waals surface area contributed by atoms with Crippen molar-refractivity contribution in [3.05, 3.63) is 36.2 Å². The molecule has 1 spiro atoms. The highest BCUT2D eigenvalue weighted by Crippen LogP contribution is 2.37. The molecule has 1 amide bonds. The zero-order valence-electron chi connectivity index (χ0n) is 14.5. The van der Waals surface area contributed by atoms with Gasteiger partial charge in [-0.1, -0.05) is 0 Å². The van der Waals surface area contributed by atoms with Gasteiger partial charge in [0.2, 0.25) is 0 Å². The number of carbonyl (C=O) groups is 1. The predicted molar refractivity (Wildman–Crippen MR) is 93.4 cm³/mol. The Morgan fingerprint density at radius 2 is 2.00 bits per heavy atom. The minimum absolute atomic E-state index is 0.0483. The van der Waals surface area contributed by atoms with Gasteiger partial charge in [0.1, 0.15) is 0 Å². The van der Waals surface area contributed by atoms with Crippen LogP contribution in [-0.4, -0.2) is 59.3 Å². The van der Waals surface area contributed by atoms with Gasteiger partial charge in [-0.05, 0) is 43.9 Å². The molecule has 0 N–H and O–H groups in total. The fraction of sp³-hybridized carbons (Fsp3) is 0.526. The summed E-state index contributed by atoms with van der Waals surface area (Å²) in [5.74, 6) is 0.0483. The van der Waals surface area contributed by atoms with Crippen molar-refractivity contribution < 1.29 is 14.3 Å². The van der Waals surface area contributed by atoms with Gasteiger partial charge in [0.05, 0.1) is 22.7 Å². The summed E-state index contributed by atoms with van der Waals surface area (Å²) in [6, 6.07) is 5.51. The fourth-order valence-electron chi connectivity index (χ4n) is 4.07. The molecule has 2 aromatic rings. The van der Waals surface area contributed by atoms with Crippen molar-refractivity contribution in [2.24, 2.45) is 0 Å². The zero-order chi connectivity index (χ0) is 17.3. The molecule has 0 bridgehead atoms. The van der Waals surface area contributed by atoms with Crippen LogP contribution in [0.3, 0.4) is 0 Å². The molecule has 25 heavy (non-hydrogen) atoms. The van der Waals surface area contributed by atoms with Crippen molar-refractivity contribution >= 4 is 16.9 Å². The van der Waals surface area contributed by atoms with Crippen molar-refractivity contribution in [1.82, 2.24) is 14.9 Å². The zero-order valence-corrected chi connectivity index (χ0v) is 14.5. The van der Waals surface area contributed by atoms with Gasteiger partial charge in [0, 0.05) is 44.8 Å². The van der Waals surface area contributed by atoms with E-state index in [-0.39, 0.29) is 17.6 Å². The highest BCUT2D eigenvalue weighted by atomic mass is 16.5. The molecule has 132 valence electrons. The molecule has 2 saturated heterocycles. The van der Waals surface area contributed by atoms with Crippen molar-refractivity contribution in [1.29, 1.82) is 0 Å². The lowest BCUT2D eigenvalue weighted by molar-refractivity contribution is -0.183. The molecule has 3 heterocycles. The highest BCUT2D eigenvalue weighted by molar-refractivity contribution is 5.97. The van der Waals surface area contributed by atoms with Gasteiger partial charge in [-0.2, -0.15) is 0 Å². The fourth-order valence-corrected chi connectivity index (χ4v) is 4.07. The molecule has 1 aromatic heterocycles. The van der Waals surface area contributed by atoms with E-state index in [1.807, 2.05) is 23.1 Å². The van der Waals surface area contributed by atoms with Crippen LogP contribution >= 0.6 is 0 Å². The normalized spacial score (nSPS) is 23.1. The Labute approximate surface area is 147 Å². The Bertz CT molecular complexity index is 771. The van der Waals surface area contributed by atoms with Crippen LogP contribution in [0.25, 0.3) is 11.0 Å². The Balaban J connectivity index is 1.48. The summed E-state index contributed by atoms with van der Waals surface area (Å²) >= 11 is 0. The van der Waals surface area contributed by atoms with Gasteiger partial charge in [0.25, 0.3) is 5.91 Å². The number of ether oxygens (including phenoxy) is 2. The maximum atomic E-state index is 12.9. The second-order valence-corrected chi connectivity index (χ2v) is 6.83. The lowest BCUT2D eigenvalue weighted by atomic mass is 9.81. The molecule has 0 aliphatic carbocycles. The number of hydrogen-bond donors (Lipinski definition) is 0. The number of carbonyl (C=O) groups excluding carboxylic acids is 1. The first-order chi connectivity index (χ1) is 12.2. The second kappa shape index (κ2) is 6.69. The third-order valence-electron chi connectivity index (χ3n) is 5.48. The number of fused-ring (bicyclic) bond motifs is 1. The van der Waals surface area contributed by atoms with Crippen LogP contribution in [0, 0.1) is 0 Å². The van der Waals surface area contributed by atoms with Crippen molar-refractivity contribution in [2.75, 3.05) is 26.8 Å². The lowest BCUT2D eigenvalue weighted by Crippen LogP contribution is -2.56. The maximum Gasteiger partial charge on any atom is 0.253 e. The highest BCUT2D eigenvalue weighted by Gasteiger charge is 2.45. The monoisotopic (exact) mass is 341 g/mol. The van der Waals surface area contributed by atoms with Crippen LogP contribution in [0.4, 0.5) is 0 Å². The Kier molecular flexibility index (Phi) is 4.39. The Morgan fingerprint density at radius 1 is 1.24 bits per heavy atom. The van der Waals surface area contributed by atoms with Gasteiger partial charge in [0.15, 0.2) is 0 Å². The van der Waals surface area contributed by atoms with E-state index in [0.29, 0.717) is 18.7 Å². The Hall–Kier alpha value is -2.05. The standard InChI is InChI=1S/C19H23N3O3/c1-24-17-3-2-12-25-19(17)6-10-22(11-7-19)18(23)14-4-5-15-16(13-14)21-9-8-20-15/h4-5,8-9,13,17H,2-3,6-7,10-12H2,1H3. The molecule has 0 saturated carbocycles. The third-order valence-corrected chi connectivity index (χ3v) is 5.48. The third kappa shape index (κ3) is 3.00. The van der Waals surface area contributed by atoms with E-state index < -0.39 is 0 Å². The number of nitrogens with zero attached hydrogens (tertiary/aromatic N) is 3. The van der Waals surface area contributed by atoms with E-state index in [0.717, 1.165) is 43.3 Å². The van der Waals surface area contributed by atoms with Crippen LogP contribution in [0.1, 0.15) is 36.0 Å². The molecule has 6 heteroatoms. The van der Waals surface area contributed by atoms with Crippen LogP contribution < -0.4 is 0 Å². The number of amides is 1. The molecule has 6 nitrogen and oxygen atoms in total. The topological polar surface area (TPSA) is 64.6 Å². The van der Waals surface area contributed by atoms with Gasteiger partial charge in [-0.15, -0.1) is 0 Å². The molecule has 1 atom stereocenters. The molecule has 4 rings (SSSR count). The number of benzene rings is 1. The molecular formula is C19H23N3O3. The number of hydrogen-bond acceptors (Lipinski definition) is 5. The molecule has 1 aromatic carbocycles. The molecule has 2 fully saturated rings. The second-order valence-electron chi connectivity index (χ2n) is 6.83. The molecule has 2 aliphatic heterocycles. The first kappa shape index (κ1) is 16.4. The summed E-state index contributed by atoms with van der Waals surface area (Å²) in [7, 11) is 1.76. The quantitative estimate of drug-likeness (QED) is 0.839. The lowest BCUT2D eigenvalue weighted by Gasteiger charge is -2.48. The summed E-state index contributed by atoms with van der Waals surface area (Å²) < 4.78 is 11.8. The van der Waals surface area contributed by atoms with Crippen molar-refractivity contribution in [2.45, 2.75) is 37.4 Å². The van der Waals surface area contributed by atoms with Crippen LogP contribution in [-0.2, 0) is 9.47 Å². The van der Waals surface area contributed by atoms with E-state index in [4.69, 9.17) is 9.47 Å². The smallest absolute Gasteiger partial charge is 0.253 e. The van der Waals surface area contributed by atoms with Crippen LogP contribution in [0.2, 0.25) is 0 Å². The van der Waals surface area contributed by atoms with Crippen molar-refractivity contribution in [3.8, 4) is 0 Å².